The second-order valence-corrected chi connectivity index (χ2v) is 8.11. The van der Waals surface area contributed by atoms with Gasteiger partial charge in [-0.1, -0.05) is 36.4 Å². The van der Waals surface area contributed by atoms with Crippen molar-refractivity contribution in [3.8, 4) is 0 Å². The Bertz CT molecular complexity index is 958. The Balaban J connectivity index is 1.56. The molecule has 1 aromatic carbocycles. The maximum Gasteiger partial charge on any atom is 0.227 e. The Kier molecular flexibility index (Phi) is 6.23. The standard InChI is InChI=1S/C24H30N6/c1-28(2)24-26-22-13-16-30(17-19-9-5-4-6-10-19)18-21(22)23(27-24)29(3)15-12-20-11-7-8-14-25-20/h4-11,14H,12-13,15-18H2,1-3H3. The first-order valence-electron chi connectivity index (χ1n) is 10.5. The van der Waals surface area contributed by atoms with Crippen LogP contribution >= 0.6 is 0 Å². The molecule has 2 aromatic heterocycles. The van der Waals surface area contributed by atoms with Crippen molar-refractivity contribution in [2.45, 2.75) is 25.9 Å². The van der Waals surface area contributed by atoms with Gasteiger partial charge in [0.1, 0.15) is 5.82 Å². The van der Waals surface area contributed by atoms with Crippen molar-refractivity contribution in [3.05, 3.63) is 77.2 Å². The Morgan fingerprint density at radius 2 is 1.77 bits per heavy atom. The van der Waals surface area contributed by atoms with Gasteiger partial charge in [-0.05, 0) is 17.7 Å². The van der Waals surface area contributed by atoms with Crippen LogP contribution in [0.3, 0.4) is 0 Å². The molecule has 3 heterocycles. The third kappa shape index (κ3) is 4.76. The predicted molar refractivity (Wildman–Crippen MR) is 122 cm³/mol. The summed E-state index contributed by atoms with van der Waals surface area (Å²) in [5.74, 6) is 1.82. The summed E-state index contributed by atoms with van der Waals surface area (Å²) in [5, 5.41) is 0. The van der Waals surface area contributed by atoms with Crippen LogP contribution in [0.1, 0.15) is 22.5 Å². The van der Waals surface area contributed by atoms with E-state index in [2.05, 4.69) is 58.2 Å². The molecule has 6 heteroatoms. The highest BCUT2D eigenvalue weighted by Crippen LogP contribution is 2.29. The van der Waals surface area contributed by atoms with Gasteiger partial charge in [0, 0.05) is 77.6 Å². The summed E-state index contributed by atoms with van der Waals surface area (Å²) in [7, 11) is 6.13. The summed E-state index contributed by atoms with van der Waals surface area (Å²) in [6, 6.07) is 16.8. The average Bonchev–Trinajstić information content (AvgIpc) is 2.78. The van der Waals surface area contributed by atoms with Crippen LogP contribution in [0.15, 0.2) is 54.7 Å². The average molecular weight is 403 g/mol. The van der Waals surface area contributed by atoms with E-state index in [1.165, 1.54) is 16.8 Å². The topological polar surface area (TPSA) is 48.4 Å². The second kappa shape index (κ2) is 9.22. The van der Waals surface area contributed by atoms with Gasteiger partial charge in [-0.3, -0.25) is 9.88 Å². The summed E-state index contributed by atoms with van der Waals surface area (Å²) in [4.78, 5) is 21.0. The van der Waals surface area contributed by atoms with Crippen LogP contribution in [0, 0.1) is 0 Å². The van der Waals surface area contributed by atoms with Gasteiger partial charge < -0.3 is 9.80 Å². The van der Waals surface area contributed by atoms with Crippen LogP contribution in [0.5, 0.6) is 0 Å². The minimum atomic E-state index is 0.782. The van der Waals surface area contributed by atoms with Crippen molar-refractivity contribution in [1.29, 1.82) is 0 Å². The fraction of sp³-hybridized carbons (Fsp3) is 0.375. The van der Waals surface area contributed by atoms with Crippen molar-refractivity contribution in [3.63, 3.8) is 0 Å². The SMILES string of the molecule is CN(C)c1nc2c(c(N(C)CCc3ccccn3)n1)CN(Cc1ccccc1)CC2. The normalized spacial score (nSPS) is 13.7. The zero-order chi connectivity index (χ0) is 20.9. The number of hydrogen-bond donors (Lipinski definition) is 0. The van der Waals surface area contributed by atoms with E-state index < -0.39 is 0 Å². The molecule has 6 nitrogen and oxygen atoms in total. The molecule has 30 heavy (non-hydrogen) atoms. The van der Waals surface area contributed by atoms with E-state index in [0.717, 1.165) is 56.5 Å². The Hall–Kier alpha value is -2.99. The van der Waals surface area contributed by atoms with Crippen LogP contribution in [0.25, 0.3) is 0 Å². The monoisotopic (exact) mass is 402 g/mol. The zero-order valence-electron chi connectivity index (χ0n) is 18.1. The second-order valence-electron chi connectivity index (χ2n) is 8.11. The van der Waals surface area contributed by atoms with E-state index in [4.69, 9.17) is 9.97 Å². The predicted octanol–water partition coefficient (Wildman–Crippen LogP) is 3.17. The summed E-state index contributed by atoms with van der Waals surface area (Å²) in [6.07, 6.45) is 3.70. The van der Waals surface area contributed by atoms with Gasteiger partial charge in [0.25, 0.3) is 0 Å². The van der Waals surface area contributed by atoms with Gasteiger partial charge in [-0.15, -0.1) is 0 Å². The Morgan fingerprint density at radius 1 is 0.967 bits per heavy atom. The zero-order valence-corrected chi connectivity index (χ0v) is 18.1. The van der Waals surface area contributed by atoms with Crippen LogP contribution in [0.4, 0.5) is 11.8 Å². The lowest BCUT2D eigenvalue weighted by molar-refractivity contribution is 0.243. The molecular weight excluding hydrogens is 372 g/mol. The van der Waals surface area contributed by atoms with Gasteiger partial charge >= 0.3 is 0 Å². The molecule has 3 aromatic rings. The number of hydrogen-bond acceptors (Lipinski definition) is 6. The summed E-state index contributed by atoms with van der Waals surface area (Å²) in [5.41, 5.74) is 4.88. The van der Waals surface area contributed by atoms with Crippen molar-refractivity contribution in [2.24, 2.45) is 0 Å². The lowest BCUT2D eigenvalue weighted by atomic mass is 10.0. The fourth-order valence-electron chi connectivity index (χ4n) is 3.87. The van der Waals surface area contributed by atoms with Gasteiger partial charge in [0.15, 0.2) is 0 Å². The van der Waals surface area contributed by atoms with Gasteiger partial charge in [-0.25, -0.2) is 4.98 Å². The fourth-order valence-corrected chi connectivity index (χ4v) is 3.87. The third-order valence-corrected chi connectivity index (χ3v) is 5.55. The molecule has 0 bridgehead atoms. The molecule has 0 fully saturated rings. The minimum Gasteiger partial charge on any atom is -0.359 e. The molecule has 0 N–H and O–H groups in total. The number of aromatic nitrogens is 3. The first-order chi connectivity index (χ1) is 14.6. The number of rotatable bonds is 7. The number of benzene rings is 1. The highest BCUT2D eigenvalue weighted by molar-refractivity contribution is 5.53. The number of anilines is 2. The molecule has 0 saturated carbocycles. The van der Waals surface area contributed by atoms with E-state index in [0.29, 0.717) is 0 Å². The lowest BCUT2D eigenvalue weighted by Crippen LogP contribution is -2.34. The number of pyridine rings is 1. The maximum atomic E-state index is 4.93. The van der Waals surface area contributed by atoms with Crippen molar-refractivity contribution in [1.82, 2.24) is 19.9 Å². The molecule has 0 saturated heterocycles. The highest BCUT2D eigenvalue weighted by Gasteiger charge is 2.24. The molecule has 1 aliphatic rings. The number of fused-ring (bicyclic) bond motifs is 1. The summed E-state index contributed by atoms with van der Waals surface area (Å²) >= 11 is 0. The van der Waals surface area contributed by atoms with Crippen LogP contribution in [0.2, 0.25) is 0 Å². The van der Waals surface area contributed by atoms with Crippen LogP contribution < -0.4 is 9.80 Å². The van der Waals surface area contributed by atoms with E-state index in [-0.39, 0.29) is 0 Å². The largest absolute Gasteiger partial charge is 0.359 e. The van der Waals surface area contributed by atoms with Crippen molar-refractivity contribution in [2.75, 3.05) is 44.0 Å². The molecule has 0 spiro atoms. The smallest absolute Gasteiger partial charge is 0.227 e. The molecule has 0 atom stereocenters. The van der Waals surface area contributed by atoms with E-state index in [1.54, 1.807) is 0 Å². The van der Waals surface area contributed by atoms with E-state index >= 15 is 0 Å². The molecule has 4 rings (SSSR count). The quantitative estimate of drug-likeness (QED) is 0.605. The summed E-state index contributed by atoms with van der Waals surface area (Å²) < 4.78 is 0. The van der Waals surface area contributed by atoms with E-state index in [9.17, 15) is 0 Å². The van der Waals surface area contributed by atoms with Crippen LogP contribution in [-0.2, 0) is 25.9 Å². The highest BCUT2D eigenvalue weighted by atomic mass is 15.3. The van der Waals surface area contributed by atoms with Crippen LogP contribution in [-0.4, -0.2) is 54.1 Å². The molecule has 156 valence electrons. The summed E-state index contributed by atoms with van der Waals surface area (Å²) in [6.45, 7) is 3.71. The molecule has 0 unspecified atom stereocenters. The Morgan fingerprint density at radius 3 is 2.50 bits per heavy atom. The Labute approximate surface area is 179 Å². The van der Waals surface area contributed by atoms with Crippen molar-refractivity contribution >= 4 is 11.8 Å². The van der Waals surface area contributed by atoms with Crippen molar-refractivity contribution < 1.29 is 0 Å². The molecule has 0 radical (unpaired) electrons. The molecular formula is C24H30N6. The molecule has 0 aliphatic carbocycles. The first-order valence-corrected chi connectivity index (χ1v) is 10.5. The van der Waals surface area contributed by atoms with Gasteiger partial charge in [0.2, 0.25) is 5.95 Å². The first kappa shape index (κ1) is 20.3. The van der Waals surface area contributed by atoms with E-state index in [1.807, 2.05) is 37.3 Å². The number of nitrogens with zero attached hydrogens (tertiary/aromatic N) is 6. The minimum absolute atomic E-state index is 0.782. The van der Waals surface area contributed by atoms with Gasteiger partial charge in [0.05, 0.1) is 5.69 Å². The lowest BCUT2D eigenvalue weighted by Gasteiger charge is -2.32. The molecule has 0 amide bonds. The third-order valence-electron chi connectivity index (χ3n) is 5.55. The van der Waals surface area contributed by atoms with Gasteiger partial charge in [-0.2, -0.15) is 4.98 Å². The number of likely N-dealkylation sites (N-methyl/N-ethyl adjacent to an activating group) is 1. The molecule has 1 aliphatic heterocycles. The maximum absolute atomic E-state index is 4.93.